The molecule has 0 spiro atoms. The fourth-order valence-corrected chi connectivity index (χ4v) is 4.80. The first-order valence-electron chi connectivity index (χ1n) is 9.56. The van der Waals surface area contributed by atoms with Crippen LogP contribution in [0.25, 0.3) is 0 Å². The average molecular weight is 396 g/mol. The van der Waals surface area contributed by atoms with E-state index in [2.05, 4.69) is 10.6 Å². The van der Waals surface area contributed by atoms with Gasteiger partial charge in [-0.3, -0.25) is 9.59 Å². The number of hydrogen-bond acceptors (Lipinski definition) is 4. The van der Waals surface area contributed by atoms with Gasteiger partial charge in [-0.1, -0.05) is 39.2 Å². The lowest BCUT2D eigenvalue weighted by molar-refractivity contribution is -0.121. The summed E-state index contributed by atoms with van der Waals surface area (Å²) in [6.07, 6.45) is 5.39. The Morgan fingerprint density at radius 1 is 1.11 bits per heavy atom. The number of rotatable bonds is 8. The van der Waals surface area contributed by atoms with Crippen LogP contribution >= 0.6 is 0 Å². The molecule has 1 aromatic rings. The summed E-state index contributed by atoms with van der Waals surface area (Å²) in [5.41, 5.74) is 0.216. The fourth-order valence-electron chi connectivity index (χ4n) is 3.30. The number of nitrogens with one attached hydrogen (secondary N) is 2. The Kier molecular flexibility index (Phi) is 7.79. The van der Waals surface area contributed by atoms with Gasteiger partial charge in [0.2, 0.25) is 15.9 Å². The predicted molar refractivity (Wildman–Crippen MR) is 104 cm³/mol. The maximum atomic E-state index is 12.6. The Hall–Kier alpha value is -1.93. The normalized spacial score (nSPS) is 15.5. The van der Waals surface area contributed by atoms with Gasteiger partial charge in [0.05, 0.1) is 11.4 Å². The minimum atomic E-state index is -3.63. The first kappa shape index (κ1) is 21.4. The molecule has 0 unspecified atom stereocenters. The topological polar surface area (TPSA) is 95.6 Å². The van der Waals surface area contributed by atoms with Crippen LogP contribution in [0.3, 0.4) is 0 Å². The second-order valence-electron chi connectivity index (χ2n) is 6.70. The van der Waals surface area contributed by atoms with E-state index in [-0.39, 0.29) is 29.0 Å². The maximum Gasteiger partial charge on any atom is 0.251 e. The van der Waals surface area contributed by atoms with Gasteiger partial charge in [0.25, 0.3) is 5.91 Å². The number of benzene rings is 1. The van der Waals surface area contributed by atoms with Gasteiger partial charge in [0.1, 0.15) is 0 Å². The lowest BCUT2D eigenvalue weighted by atomic mass is 9.95. The standard InChI is InChI=1S/C19H29N3O4S/c1-3-22(4-2)27(25,26)17-12-8-9-15(13-17)19(24)20-14-18(23)21-16-10-6-5-7-11-16/h8-9,12-13,16H,3-7,10-11,14H2,1-2H3,(H,20,24)(H,21,23). The Labute approximate surface area is 161 Å². The van der Waals surface area contributed by atoms with Gasteiger partial charge in [-0.25, -0.2) is 8.42 Å². The third kappa shape index (κ3) is 5.77. The van der Waals surface area contributed by atoms with Crippen LogP contribution in [0.4, 0.5) is 0 Å². The highest BCUT2D eigenvalue weighted by atomic mass is 32.2. The van der Waals surface area contributed by atoms with Crippen molar-refractivity contribution in [1.29, 1.82) is 0 Å². The zero-order valence-electron chi connectivity index (χ0n) is 16.0. The van der Waals surface area contributed by atoms with E-state index in [4.69, 9.17) is 0 Å². The SMILES string of the molecule is CCN(CC)S(=O)(=O)c1cccc(C(=O)NCC(=O)NC2CCCCC2)c1. The lowest BCUT2D eigenvalue weighted by Crippen LogP contribution is -2.42. The van der Waals surface area contributed by atoms with Crippen molar-refractivity contribution in [3.63, 3.8) is 0 Å². The summed E-state index contributed by atoms with van der Waals surface area (Å²) < 4.78 is 26.5. The number of nitrogens with zero attached hydrogens (tertiary/aromatic N) is 1. The fraction of sp³-hybridized carbons (Fsp3) is 0.579. The molecule has 1 fully saturated rings. The third-order valence-corrected chi connectivity index (χ3v) is 6.87. The van der Waals surface area contributed by atoms with Crippen LogP contribution in [-0.4, -0.2) is 50.2 Å². The third-order valence-electron chi connectivity index (χ3n) is 4.82. The molecule has 1 aromatic carbocycles. The van der Waals surface area contributed by atoms with Gasteiger partial charge in [-0.2, -0.15) is 4.31 Å². The summed E-state index contributed by atoms with van der Waals surface area (Å²) >= 11 is 0. The molecule has 2 amide bonds. The average Bonchev–Trinajstić information content (AvgIpc) is 2.67. The van der Waals surface area contributed by atoms with Crippen molar-refractivity contribution in [3.8, 4) is 0 Å². The van der Waals surface area contributed by atoms with E-state index in [9.17, 15) is 18.0 Å². The van der Waals surface area contributed by atoms with Gasteiger partial charge in [0, 0.05) is 24.7 Å². The van der Waals surface area contributed by atoms with Crippen LogP contribution < -0.4 is 10.6 Å². The van der Waals surface area contributed by atoms with Crippen molar-refractivity contribution in [1.82, 2.24) is 14.9 Å². The van der Waals surface area contributed by atoms with Crippen LogP contribution in [0.2, 0.25) is 0 Å². The number of carbonyl (C=O) groups is 2. The largest absolute Gasteiger partial charge is 0.352 e. The Morgan fingerprint density at radius 3 is 2.41 bits per heavy atom. The monoisotopic (exact) mass is 395 g/mol. The van der Waals surface area contributed by atoms with Crippen LogP contribution in [0.1, 0.15) is 56.3 Å². The quantitative estimate of drug-likeness (QED) is 0.703. The molecule has 0 bridgehead atoms. The van der Waals surface area contributed by atoms with Gasteiger partial charge in [0.15, 0.2) is 0 Å². The number of hydrogen-bond donors (Lipinski definition) is 2. The minimum absolute atomic E-state index is 0.0745. The highest BCUT2D eigenvalue weighted by Crippen LogP contribution is 2.18. The van der Waals surface area contributed by atoms with E-state index in [1.54, 1.807) is 13.8 Å². The van der Waals surface area contributed by atoms with Gasteiger partial charge in [-0.05, 0) is 31.0 Å². The van der Waals surface area contributed by atoms with E-state index in [0.717, 1.165) is 25.7 Å². The van der Waals surface area contributed by atoms with E-state index < -0.39 is 15.9 Å². The summed E-state index contributed by atoms with van der Waals surface area (Å²) in [5, 5.41) is 5.50. The van der Waals surface area contributed by atoms with Crippen molar-refractivity contribution in [2.45, 2.75) is 56.9 Å². The second-order valence-corrected chi connectivity index (χ2v) is 8.64. The van der Waals surface area contributed by atoms with Crippen molar-refractivity contribution in [2.24, 2.45) is 0 Å². The molecular formula is C19H29N3O4S. The zero-order valence-corrected chi connectivity index (χ0v) is 16.8. The molecule has 1 aliphatic carbocycles. The molecule has 1 aliphatic rings. The predicted octanol–water partition coefficient (Wildman–Crippen LogP) is 1.90. The van der Waals surface area contributed by atoms with Crippen LogP contribution in [0.5, 0.6) is 0 Å². The van der Waals surface area contributed by atoms with Crippen LogP contribution in [0.15, 0.2) is 29.2 Å². The molecule has 1 saturated carbocycles. The molecule has 0 atom stereocenters. The second kappa shape index (κ2) is 9.85. The van der Waals surface area contributed by atoms with Crippen molar-refractivity contribution in [3.05, 3.63) is 29.8 Å². The molecule has 27 heavy (non-hydrogen) atoms. The van der Waals surface area contributed by atoms with Crippen LogP contribution in [-0.2, 0) is 14.8 Å². The van der Waals surface area contributed by atoms with Gasteiger partial charge >= 0.3 is 0 Å². The molecule has 0 radical (unpaired) electrons. The van der Waals surface area contributed by atoms with Gasteiger partial charge < -0.3 is 10.6 Å². The number of carbonyl (C=O) groups excluding carboxylic acids is 2. The summed E-state index contributed by atoms with van der Waals surface area (Å²) in [6.45, 7) is 4.13. The molecule has 8 heteroatoms. The molecule has 7 nitrogen and oxygen atoms in total. The highest BCUT2D eigenvalue weighted by molar-refractivity contribution is 7.89. The maximum absolute atomic E-state index is 12.6. The highest BCUT2D eigenvalue weighted by Gasteiger charge is 2.22. The van der Waals surface area contributed by atoms with Crippen molar-refractivity contribution in [2.75, 3.05) is 19.6 Å². The molecule has 2 rings (SSSR count). The van der Waals surface area contributed by atoms with Gasteiger partial charge in [-0.15, -0.1) is 0 Å². The summed E-state index contributed by atoms with van der Waals surface area (Å²) in [5.74, 6) is -0.687. The Morgan fingerprint density at radius 2 is 1.78 bits per heavy atom. The molecule has 0 aliphatic heterocycles. The smallest absolute Gasteiger partial charge is 0.251 e. The molecule has 2 N–H and O–H groups in total. The van der Waals surface area contributed by atoms with Crippen molar-refractivity contribution < 1.29 is 18.0 Å². The lowest BCUT2D eigenvalue weighted by Gasteiger charge is -2.22. The van der Waals surface area contributed by atoms with E-state index in [1.165, 1.54) is 35.0 Å². The molecule has 150 valence electrons. The minimum Gasteiger partial charge on any atom is -0.352 e. The van der Waals surface area contributed by atoms with E-state index in [1.807, 2.05) is 0 Å². The molecular weight excluding hydrogens is 366 g/mol. The number of amides is 2. The molecule has 0 aromatic heterocycles. The Bertz CT molecular complexity index is 754. The van der Waals surface area contributed by atoms with E-state index >= 15 is 0 Å². The van der Waals surface area contributed by atoms with E-state index in [0.29, 0.717) is 13.1 Å². The first-order valence-corrected chi connectivity index (χ1v) is 11.0. The summed E-state index contributed by atoms with van der Waals surface area (Å²) in [4.78, 5) is 24.4. The summed E-state index contributed by atoms with van der Waals surface area (Å²) in [7, 11) is -3.63. The molecule has 0 heterocycles. The first-order chi connectivity index (χ1) is 12.9. The number of sulfonamides is 1. The van der Waals surface area contributed by atoms with Crippen LogP contribution in [0, 0.1) is 0 Å². The zero-order chi connectivity index (χ0) is 19.9. The molecule has 0 saturated heterocycles. The Balaban J connectivity index is 1.97. The summed E-state index contributed by atoms with van der Waals surface area (Å²) in [6, 6.07) is 6.08. The van der Waals surface area contributed by atoms with Crippen molar-refractivity contribution >= 4 is 21.8 Å².